The number of H-pyrrole nitrogens is 1. The van der Waals surface area contributed by atoms with Crippen molar-refractivity contribution in [1.29, 1.82) is 0 Å². The SMILES string of the molecule is COc1ccc(C2C[C@@H]2COc2nc(C)ncc2-c2cn[nH]c2)nc1. The molecular formula is C18H19N5O2. The van der Waals surface area contributed by atoms with E-state index < -0.39 is 0 Å². The Morgan fingerprint density at radius 1 is 1.20 bits per heavy atom. The van der Waals surface area contributed by atoms with Crippen LogP contribution in [0.5, 0.6) is 11.6 Å². The summed E-state index contributed by atoms with van der Waals surface area (Å²) in [6, 6.07) is 3.97. The van der Waals surface area contributed by atoms with E-state index in [1.54, 1.807) is 25.7 Å². The zero-order chi connectivity index (χ0) is 17.2. The first-order valence-electron chi connectivity index (χ1n) is 8.20. The highest BCUT2D eigenvalue weighted by Gasteiger charge is 2.40. The van der Waals surface area contributed by atoms with Crippen molar-refractivity contribution in [2.75, 3.05) is 13.7 Å². The van der Waals surface area contributed by atoms with Gasteiger partial charge in [-0.05, 0) is 25.5 Å². The van der Waals surface area contributed by atoms with Gasteiger partial charge < -0.3 is 9.47 Å². The largest absolute Gasteiger partial charge is 0.495 e. The van der Waals surface area contributed by atoms with E-state index in [1.165, 1.54) is 0 Å². The summed E-state index contributed by atoms with van der Waals surface area (Å²) in [6.45, 7) is 2.47. The summed E-state index contributed by atoms with van der Waals surface area (Å²) in [7, 11) is 1.64. The number of aryl methyl sites for hydroxylation is 1. The van der Waals surface area contributed by atoms with Crippen molar-refractivity contribution in [2.24, 2.45) is 5.92 Å². The molecule has 2 atom stereocenters. The average molecular weight is 337 g/mol. The van der Waals surface area contributed by atoms with Crippen molar-refractivity contribution in [3.63, 3.8) is 0 Å². The maximum Gasteiger partial charge on any atom is 0.224 e. The molecule has 1 aliphatic carbocycles. The maximum atomic E-state index is 6.02. The molecule has 3 heterocycles. The van der Waals surface area contributed by atoms with E-state index in [0.717, 1.165) is 29.0 Å². The fourth-order valence-electron chi connectivity index (χ4n) is 2.87. The lowest BCUT2D eigenvalue weighted by Gasteiger charge is -2.09. The predicted octanol–water partition coefficient (Wildman–Crippen LogP) is 2.76. The van der Waals surface area contributed by atoms with Gasteiger partial charge in [0.15, 0.2) is 0 Å². The van der Waals surface area contributed by atoms with Crippen LogP contribution in [0.3, 0.4) is 0 Å². The van der Waals surface area contributed by atoms with E-state index in [4.69, 9.17) is 9.47 Å². The summed E-state index contributed by atoms with van der Waals surface area (Å²) in [5.74, 6) is 2.95. The molecule has 3 aromatic heterocycles. The minimum Gasteiger partial charge on any atom is -0.495 e. The van der Waals surface area contributed by atoms with Crippen LogP contribution in [0.15, 0.2) is 36.9 Å². The zero-order valence-electron chi connectivity index (χ0n) is 14.1. The van der Waals surface area contributed by atoms with Crippen LogP contribution in [-0.4, -0.2) is 38.9 Å². The Hall–Kier alpha value is -2.96. The van der Waals surface area contributed by atoms with Crippen molar-refractivity contribution < 1.29 is 9.47 Å². The minimum absolute atomic E-state index is 0.436. The molecule has 1 N–H and O–H groups in total. The number of rotatable bonds is 6. The number of hydrogen-bond donors (Lipinski definition) is 1. The third-order valence-corrected chi connectivity index (χ3v) is 4.42. The number of aromatic nitrogens is 5. The van der Waals surface area contributed by atoms with Crippen molar-refractivity contribution in [2.45, 2.75) is 19.3 Å². The summed E-state index contributed by atoms with van der Waals surface area (Å²) in [5.41, 5.74) is 2.85. The van der Waals surface area contributed by atoms with Crippen molar-refractivity contribution in [3.8, 4) is 22.8 Å². The van der Waals surface area contributed by atoms with Gasteiger partial charge in [-0.25, -0.2) is 4.98 Å². The topological polar surface area (TPSA) is 85.8 Å². The summed E-state index contributed by atoms with van der Waals surface area (Å²) >= 11 is 0. The first-order valence-corrected chi connectivity index (χ1v) is 8.20. The average Bonchev–Trinajstić information content (AvgIpc) is 3.21. The van der Waals surface area contributed by atoms with Gasteiger partial charge in [-0.2, -0.15) is 10.1 Å². The Balaban J connectivity index is 1.43. The number of pyridine rings is 1. The number of nitrogens with one attached hydrogen (secondary N) is 1. The molecule has 128 valence electrons. The smallest absolute Gasteiger partial charge is 0.224 e. The molecule has 1 fully saturated rings. The quantitative estimate of drug-likeness (QED) is 0.744. The van der Waals surface area contributed by atoms with E-state index in [-0.39, 0.29) is 0 Å². The van der Waals surface area contributed by atoms with E-state index >= 15 is 0 Å². The number of methoxy groups -OCH3 is 1. The van der Waals surface area contributed by atoms with Crippen LogP contribution in [0.1, 0.15) is 23.9 Å². The molecule has 4 rings (SSSR count). The van der Waals surface area contributed by atoms with Gasteiger partial charge in [0.1, 0.15) is 11.6 Å². The molecule has 7 heteroatoms. The third-order valence-electron chi connectivity index (χ3n) is 4.42. The number of aromatic amines is 1. The third kappa shape index (κ3) is 3.31. The molecule has 1 unspecified atom stereocenters. The molecular weight excluding hydrogens is 318 g/mol. The number of ether oxygens (including phenoxy) is 2. The minimum atomic E-state index is 0.436. The molecule has 7 nitrogen and oxygen atoms in total. The van der Waals surface area contributed by atoms with E-state index in [1.807, 2.05) is 25.3 Å². The molecule has 0 aliphatic heterocycles. The van der Waals surface area contributed by atoms with Crippen LogP contribution in [-0.2, 0) is 0 Å². The molecule has 0 spiro atoms. The summed E-state index contributed by atoms with van der Waals surface area (Å²) < 4.78 is 11.2. The fraction of sp³-hybridized carbons (Fsp3) is 0.333. The molecule has 0 aromatic carbocycles. The molecule has 0 amide bonds. The van der Waals surface area contributed by atoms with Gasteiger partial charge in [-0.3, -0.25) is 10.1 Å². The molecule has 0 bridgehead atoms. The van der Waals surface area contributed by atoms with E-state index in [0.29, 0.717) is 30.1 Å². The highest BCUT2D eigenvalue weighted by Crippen LogP contribution is 2.47. The number of nitrogens with zero attached hydrogens (tertiary/aromatic N) is 4. The second-order valence-corrected chi connectivity index (χ2v) is 6.16. The van der Waals surface area contributed by atoms with Crippen LogP contribution in [0.2, 0.25) is 0 Å². The Morgan fingerprint density at radius 3 is 2.84 bits per heavy atom. The van der Waals surface area contributed by atoms with Crippen LogP contribution in [0, 0.1) is 12.8 Å². The normalized spacial score (nSPS) is 18.8. The summed E-state index contributed by atoms with van der Waals surface area (Å²) in [4.78, 5) is 13.2. The predicted molar refractivity (Wildman–Crippen MR) is 91.5 cm³/mol. The lowest BCUT2D eigenvalue weighted by molar-refractivity contribution is 0.285. The Kier molecular flexibility index (Phi) is 4.05. The Labute approximate surface area is 145 Å². The Morgan fingerprint density at radius 2 is 2.12 bits per heavy atom. The first-order chi connectivity index (χ1) is 12.2. The molecule has 3 aromatic rings. The maximum absolute atomic E-state index is 6.02. The highest BCUT2D eigenvalue weighted by atomic mass is 16.5. The molecule has 1 aliphatic rings. The van der Waals surface area contributed by atoms with Gasteiger partial charge in [-0.1, -0.05) is 0 Å². The molecule has 0 saturated heterocycles. The van der Waals surface area contributed by atoms with E-state index in [2.05, 4.69) is 25.1 Å². The van der Waals surface area contributed by atoms with Gasteiger partial charge in [0.2, 0.25) is 5.88 Å². The second-order valence-electron chi connectivity index (χ2n) is 6.16. The number of hydrogen-bond acceptors (Lipinski definition) is 6. The van der Waals surface area contributed by atoms with Gasteiger partial charge in [0.25, 0.3) is 0 Å². The lowest BCUT2D eigenvalue weighted by atomic mass is 10.2. The van der Waals surface area contributed by atoms with Crippen molar-refractivity contribution in [3.05, 3.63) is 48.4 Å². The second kappa shape index (κ2) is 6.51. The van der Waals surface area contributed by atoms with E-state index in [9.17, 15) is 0 Å². The Bertz CT molecular complexity index is 848. The fourth-order valence-corrected chi connectivity index (χ4v) is 2.87. The van der Waals surface area contributed by atoms with Gasteiger partial charge in [-0.15, -0.1) is 0 Å². The highest BCUT2D eigenvalue weighted by molar-refractivity contribution is 5.66. The van der Waals surface area contributed by atoms with Gasteiger partial charge in [0.05, 0.1) is 31.7 Å². The standard InChI is InChI=1S/C18H19N5O2/c1-11-19-9-16(13-6-21-22-7-13)18(23-11)25-10-12-5-15(12)17-4-3-14(24-2)8-20-17/h3-4,6-9,12,15H,5,10H2,1-2H3,(H,21,22)/t12-,15?/m1/s1. The van der Waals surface area contributed by atoms with Crippen LogP contribution in [0.25, 0.3) is 11.1 Å². The zero-order valence-corrected chi connectivity index (χ0v) is 14.1. The lowest BCUT2D eigenvalue weighted by Crippen LogP contribution is -2.05. The molecule has 0 radical (unpaired) electrons. The molecule has 25 heavy (non-hydrogen) atoms. The first kappa shape index (κ1) is 15.6. The summed E-state index contributed by atoms with van der Waals surface area (Å²) in [6.07, 6.45) is 8.16. The van der Waals surface area contributed by atoms with Crippen molar-refractivity contribution >= 4 is 0 Å². The monoisotopic (exact) mass is 337 g/mol. The van der Waals surface area contributed by atoms with Crippen LogP contribution in [0.4, 0.5) is 0 Å². The van der Waals surface area contributed by atoms with Crippen LogP contribution < -0.4 is 9.47 Å². The summed E-state index contributed by atoms with van der Waals surface area (Å²) in [5, 5.41) is 6.79. The van der Waals surface area contributed by atoms with Gasteiger partial charge in [0, 0.05) is 35.5 Å². The van der Waals surface area contributed by atoms with Crippen LogP contribution >= 0.6 is 0 Å². The van der Waals surface area contributed by atoms with Gasteiger partial charge >= 0.3 is 0 Å². The van der Waals surface area contributed by atoms with Crippen molar-refractivity contribution in [1.82, 2.24) is 25.1 Å². The molecule has 1 saturated carbocycles.